The zero-order chi connectivity index (χ0) is 9.61. The largest absolute Gasteiger partial charge is 0.329 e. The van der Waals surface area contributed by atoms with Crippen LogP contribution in [-0.4, -0.2) is 26.9 Å². The first kappa shape index (κ1) is 12.2. The van der Waals surface area contributed by atoms with Gasteiger partial charge in [0.05, 0.1) is 0 Å². The van der Waals surface area contributed by atoms with Crippen molar-refractivity contribution in [2.45, 2.75) is 51.7 Å². The van der Waals surface area contributed by atoms with E-state index in [2.05, 4.69) is 38.7 Å². The predicted octanol–water partition coefficient (Wildman–Crippen LogP) is 3.33. The number of hydrogen-bond acceptors (Lipinski definition) is 1. The van der Waals surface area contributed by atoms with Crippen molar-refractivity contribution in [3.63, 3.8) is 0 Å². The van der Waals surface area contributed by atoms with Gasteiger partial charge in [0.2, 0.25) is 0 Å². The molecule has 0 aromatic carbocycles. The van der Waals surface area contributed by atoms with Gasteiger partial charge in [-0.3, -0.25) is 0 Å². The molecule has 0 atom stereocenters. The van der Waals surface area contributed by atoms with E-state index in [-0.39, 0.29) is 0 Å². The molecule has 12 heavy (non-hydrogen) atoms. The van der Waals surface area contributed by atoms with Gasteiger partial charge < -0.3 is 4.57 Å². The molecule has 0 amide bonds. The quantitative estimate of drug-likeness (QED) is 0.455. The highest BCUT2D eigenvalue weighted by atomic mass is 28.3. The van der Waals surface area contributed by atoms with Crippen molar-refractivity contribution in [1.29, 1.82) is 0 Å². The summed E-state index contributed by atoms with van der Waals surface area (Å²) in [4.78, 5) is 0. The predicted molar refractivity (Wildman–Crippen MR) is 60.1 cm³/mol. The standard InChI is InChI=1S/C10H25NSi/c1-6-7-8-9-10-12(4,5)11(2)3/h6-10H2,1-5H3. The number of rotatable bonds is 6. The Balaban J connectivity index is 3.47. The Morgan fingerprint density at radius 2 is 1.58 bits per heavy atom. The zero-order valence-electron chi connectivity index (χ0n) is 9.48. The van der Waals surface area contributed by atoms with Crippen LogP contribution in [0.15, 0.2) is 0 Å². The highest BCUT2D eigenvalue weighted by Crippen LogP contribution is 2.16. The van der Waals surface area contributed by atoms with Crippen LogP contribution in [-0.2, 0) is 0 Å². The van der Waals surface area contributed by atoms with E-state index in [9.17, 15) is 0 Å². The first-order chi connectivity index (χ1) is 5.50. The summed E-state index contributed by atoms with van der Waals surface area (Å²) in [6.45, 7) is 7.19. The maximum absolute atomic E-state index is 2.46. The van der Waals surface area contributed by atoms with Gasteiger partial charge in [-0.2, -0.15) is 0 Å². The molecule has 0 radical (unpaired) electrons. The Labute approximate surface area is 79.2 Å². The van der Waals surface area contributed by atoms with Crippen LogP contribution in [0.3, 0.4) is 0 Å². The molecular weight excluding hydrogens is 162 g/mol. The Bertz CT molecular complexity index is 110. The summed E-state index contributed by atoms with van der Waals surface area (Å²) in [5.41, 5.74) is 0. The second-order valence-electron chi connectivity index (χ2n) is 4.52. The molecule has 0 aliphatic heterocycles. The van der Waals surface area contributed by atoms with Gasteiger partial charge >= 0.3 is 0 Å². The monoisotopic (exact) mass is 187 g/mol. The Morgan fingerprint density at radius 3 is 2.00 bits per heavy atom. The molecule has 0 heterocycles. The van der Waals surface area contributed by atoms with Crippen LogP contribution in [0, 0.1) is 0 Å². The minimum Gasteiger partial charge on any atom is -0.329 e. The van der Waals surface area contributed by atoms with Crippen LogP contribution < -0.4 is 0 Å². The molecule has 74 valence electrons. The fraction of sp³-hybridized carbons (Fsp3) is 1.00. The van der Waals surface area contributed by atoms with E-state index in [1.54, 1.807) is 0 Å². The van der Waals surface area contributed by atoms with E-state index in [0.29, 0.717) is 0 Å². The molecular formula is C10H25NSi. The van der Waals surface area contributed by atoms with Gasteiger partial charge in [0.25, 0.3) is 0 Å². The molecule has 0 saturated heterocycles. The van der Waals surface area contributed by atoms with Gasteiger partial charge in [-0.25, -0.2) is 0 Å². The van der Waals surface area contributed by atoms with E-state index in [1.165, 1.54) is 31.7 Å². The molecule has 0 fully saturated rings. The van der Waals surface area contributed by atoms with E-state index in [1.807, 2.05) is 0 Å². The van der Waals surface area contributed by atoms with E-state index in [4.69, 9.17) is 0 Å². The first-order valence-corrected chi connectivity index (χ1v) is 8.33. The maximum Gasteiger partial charge on any atom is 0.121 e. The molecule has 2 heteroatoms. The molecule has 0 rings (SSSR count). The lowest BCUT2D eigenvalue weighted by molar-refractivity contribution is 0.602. The van der Waals surface area contributed by atoms with Gasteiger partial charge in [0, 0.05) is 0 Å². The topological polar surface area (TPSA) is 3.24 Å². The number of unbranched alkanes of at least 4 members (excludes halogenated alkanes) is 3. The van der Waals surface area contributed by atoms with E-state index < -0.39 is 8.24 Å². The highest BCUT2D eigenvalue weighted by molar-refractivity contribution is 6.74. The van der Waals surface area contributed by atoms with E-state index in [0.717, 1.165) is 0 Å². The Hall–Kier alpha value is 0.177. The van der Waals surface area contributed by atoms with Crippen molar-refractivity contribution in [3.05, 3.63) is 0 Å². The molecule has 0 spiro atoms. The smallest absolute Gasteiger partial charge is 0.121 e. The molecule has 0 bridgehead atoms. The summed E-state index contributed by atoms with van der Waals surface area (Å²) < 4.78 is 2.46. The van der Waals surface area contributed by atoms with Crippen molar-refractivity contribution in [1.82, 2.24) is 4.57 Å². The Kier molecular flexibility index (Phi) is 5.84. The average Bonchev–Trinajstić information content (AvgIpc) is 1.98. The fourth-order valence-corrected chi connectivity index (χ4v) is 2.77. The summed E-state index contributed by atoms with van der Waals surface area (Å²) in [6.07, 6.45) is 5.63. The highest BCUT2D eigenvalue weighted by Gasteiger charge is 2.22. The van der Waals surface area contributed by atoms with Crippen molar-refractivity contribution in [2.75, 3.05) is 14.1 Å². The molecule has 0 aromatic rings. The summed E-state index contributed by atoms with van der Waals surface area (Å²) >= 11 is 0. The first-order valence-electron chi connectivity index (χ1n) is 5.18. The molecule has 1 nitrogen and oxygen atoms in total. The third-order valence-corrected chi connectivity index (χ3v) is 6.85. The van der Waals surface area contributed by atoms with Gasteiger partial charge in [-0.1, -0.05) is 45.7 Å². The lowest BCUT2D eigenvalue weighted by Crippen LogP contribution is -2.43. The summed E-state index contributed by atoms with van der Waals surface area (Å²) in [7, 11) is 3.46. The van der Waals surface area contributed by atoms with Crippen molar-refractivity contribution in [3.8, 4) is 0 Å². The molecule has 0 N–H and O–H groups in total. The third kappa shape index (κ3) is 4.94. The van der Waals surface area contributed by atoms with Gasteiger partial charge in [0.1, 0.15) is 8.24 Å². The van der Waals surface area contributed by atoms with Crippen LogP contribution in [0.2, 0.25) is 19.1 Å². The minimum absolute atomic E-state index is 0.997. The third-order valence-electron chi connectivity index (χ3n) is 2.85. The van der Waals surface area contributed by atoms with Gasteiger partial charge in [0.15, 0.2) is 0 Å². The van der Waals surface area contributed by atoms with E-state index >= 15 is 0 Å². The van der Waals surface area contributed by atoms with Crippen molar-refractivity contribution >= 4 is 8.24 Å². The molecule has 0 saturated carbocycles. The normalized spacial score (nSPS) is 12.5. The van der Waals surface area contributed by atoms with Crippen molar-refractivity contribution in [2.24, 2.45) is 0 Å². The number of nitrogens with zero attached hydrogens (tertiary/aromatic N) is 1. The molecule has 0 aliphatic carbocycles. The summed E-state index contributed by atoms with van der Waals surface area (Å²) in [5, 5.41) is 0. The molecule has 0 aliphatic rings. The van der Waals surface area contributed by atoms with Gasteiger partial charge in [-0.15, -0.1) is 0 Å². The lowest BCUT2D eigenvalue weighted by Gasteiger charge is -2.30. The van der Waals surface area contributed by atoms with Crippen LogP contribution in [0.5, 0.6) is 0 Å². The van der Waals surface area contributed by atoms with Gasteiger partial charge in [-0.05, 0) is 20.1 Å². The maximum atomic E-state index is 2.46. The number of hydrogen-bond donors (Lipinski definition) is 0. The molecule has 0 unspecified atom stereocenters. The lowest BCUT2D eigenvalue weighted by atomic mass is 10.2. The molecule has 0 aromatic heterocycles. The fourth-order valence-electron chi connectivity index (χ4n) is 1.21. The van der Waals surface area contributed by atoms with Crippen molar-refractivity contribution < 1.29 is 0 Å². The summed E-state index contributed by atoms with van der Waals surface area (Å²) in [6, 6.07) is 1.46. The second kappa shape index (κ2) is 5.76. The van der Waals surface area contributed by atoms with Crippen LogP contribution >= 0.6 is 0 Å². The zero-order valence-corrected chi connectivity index (χ0v) is 10.5. The van der Waals surface area contributed by atoms with Crippen LogP contribution in [0.4, 0.5) is 0 Å². The summed E-state index contributed by atoms with van der Waals surface area (Å²) in [5.74, 6) is 0. The average molecular weight is 187 g/mol. The minimum atomic E-state index is -0.997. The SMILES string of the molecule is CCCCCC[Si](C)(C)N(C)C. The van der Waals surface area contributed by atoms with Crippen LogP contribution in [0.25, 0.3) is 0 Å². The second-order valence-corrected chi connectivity index (χ2v) is 9.54. The van der Waals surface area contributed by atoms with Crippen LogP contribution in [0.1, 0.15) is 32.6 Å². The Morgan fingerprint density at radius 1 is 1.00 bits per heavy atom.